The molecular formula is C29H26N2O4S. The van der Waals surface area contributed by atoms with Crippen LogP contribution >= 0.6 is 0 Å². The molecule has 5 rings (SSSR count). The van der Waals surface area contributed by atoms with Crippen molar-refractivity contribution in [3.05, 3.63) is 113 Å². The first-order valence-corrected chi connectivity index (χ1v) is 13.3. The smallest absolute Gasteiger partial charge is 0.241 e. The number of aryl methyl sites for hydroxylation is 1. The van der Waals surface area contributed by atoms with Crippen LogP contribution in [-0.2, 0) is 21.2 Å². The molecule has 0 radical (unpaired) electrons. The predicted octanol–water partition coefficient (Wildman–Crippen LogP) is 4.87. The first-order chi connectivity index (χ1) is 17.4. The molecule has 7 heteroatoms. The lowest BCUT2D eigenvalue weighted by atomic mass is 10.0. The first-order valence-electron chi connectivity index (χ1n) is 11.9. The Hall–Kier alpha value is -3.81. The Balaban J connectivity index is 1.36. The Morgan fingerprint density at radius 2 is 1.67 bits per heavy atom. The van der Waals surface area contributed by atoms with Gasteiger partial charge in [0.1, 0.15) is 6.29 Å². The van der Waals surface area contributed by atoms with Crippen LogP contribution in [0.5, 0.6) is 0 Å². The van der Waals surface area contributed by atoms with Crippen LogP contribution < -0.4 is 10.0 Å². The van der Waals surface area contributed by atoms with Gasteiger partial charge in [-0.3, -0.25) is 9.59 Å². The predicted molar refractivity (Wildman–Crippen MR) is 139 cm³/mol. The number of benzene rings is 4. The van der Waals surface area contributed by atoms with Crippen LogP contribution in [0.4, 0.5) is 0 Å². The van der Waals surface area contributed by atoms with E-state index in [1.807, 2.05) is 66.7 Å². The van der Waals surface area contributed by atoms with Crippen molar-refractivity contribution in [2.45, 2.75) is 36.2 Å². The van der Waals surface area contributed by atoms with Crippen molar-refractivity contribution in [2.24, 2.45) is 0 Å². The van der Waals surface area contributed by atoms with Gasteiger partial charge in [-0.1, -0.05) is 72.8 Å². The number of amides is 1. The van der Waals surface area contributed by atoms with Crippen LogP contribution in [0.2, 0.25) is 0 Å². The standard InChI is InChI=1S/C29H26N2O4S/c32-19-20-10-14-26-24(16-20)12-15-27(26)30-29(33)18-28(22-7-2-1-3-8-22)31-36(34,35)25-13-11-21-6-4-5-9-23(21)17-25/h1-11,13-14,16-17,19,27-28,31H,12,15,18H2,(H,30,33). The highest BCUT2D eigenvalue weighted by Crippen LogP contribution is 2.32. The average molecular weight is 499 g/mol. The summed E-state index contributed by atoms with van der Waals surface area (Å²) in [4.78, 5) is 24.3. The summed E-state index contributed by atoms with van der Waals surface area (Å²) in [5.41, 5.74) is 3.39. The second-order valence-electron chi connectivity index (χ2n) is 9.03. The molecule has 0 saturated carbocycles. The molecule has 4 aromatic rings. The molecule has 0 aromatic heterocycles. The van der Waals surface area contributed by atoms with Gasteiger partial charge in [-0.25, -0.2) is 13.1 Å². The Kier molecular flexibility index (Phi) is 6.67. The molecule has 0 bridgehead atoms. The van der Waals surface area contributed by atoms with Crippen molar-refractivity contribution >= 4 is 33.0 Å². The van der Waals surface area contributed by atoms with Crippen LogP contribution in [0.3, 0.4) is 0 Å². The van der Waals surface area contributed by atoms with Crippen molar-refractivity contribution in [1.82, 2.24) is 10.0 Å². The zero-order valence-electron chi connectivity index (χ0n) is 19.6. The average Bonchev–Trinajstić information content (AvgIpc) is 3.30. The largest absolute Gasteiger partial charge is 0.349 e. The third-order valence-corrected chi connectivity index (χ3v) is 8.11. The molecule has 6 nitrogen and oxygen atoms in total. The van der Waals surface area contributed by atoms with Gasteiger partial charge in [0.15, 0.2) is 0 Å². The van der Waals surface area contributed by atoms with E-state index in [9.17, 15) is 18.0 Å². The van der Waals surface area contributed by atoms with E-state index in [-0.39, 0.29) is 23.3 Å². The molecule has 2 atom stereocenters. The van der Waals surface area contributed by atoms with Crippen molar-refractivity contribution in [2.75, 3.05) is 0 Å². The summed E-state index contributed by atoms with van der Waals surface area (Å²) >= 11 is 0. The Labute approximate surface area is 210 Å². The Bertz CT molecular complexity index is 1530. The van der Waals surface area contributed by atoms with Gasteiger partial charge in [0, 0.05) is 12.0 Å². The number of carbonyl (C=O) groups excluding carboxylic acids is 2. The maximum Gasteiger partial charge on any atom is 0.241 e. The summed E-state index contributed by atoms with van der Waals surface area (Å²) < 4.78 is 29.4. The number of sulfonamides is 1. The van der Waals surface area contributed by atoms with Gasteiger partial charge >= 0.3 is 0 Å². The van der Waals surface area contributed by atoms with E-state index in [1.54, 1.807) is 24.3 Å². The maximum atomic E-state index is 13.3. The fourth-order valence-electron chi connectivity index (χ4n) is 4.80. The molecule has 4 aromatic carbocycles. The summed E-state index contributed by atoms with van der Waals surface area (Å²) in [5.74, 6) is -0.248. The van der Waals surface area contributed by atoms with Crippen LogP contribution in [-0.4, -0.2) is 20.6 Å². The number of nitrogens with one attached hydrogen (secondary N) is 2. The Morgan fingerprint density at radius 1 is 0.917 bits per heavy atom. The fraction of sp³-hybridized carbons (Fsp3) is 0.172. The minimum atomic E-state index is -3.89. The molecule has 0 spiro atoms. The van der Waals surface area contributed by atoms with Crippen molar-refractivity contribution in [3.63, 3.8) is 0 Å². The van der Waals surface area contributed by atoms with E-state index in [4.69, 9.17) is 0 Å². The van der Waals surface area contributed by atoms with Gasteiger partial charge < -0.3 is 5.32 Å². The number of fused-ring (bicyclic) bond motifs is 2. The number of aldehydes is 1. The molecule has 36 heavy (non-hydrogen) atoms. The summed E-state index contributed by atoms with van der Waals surface area (Å²) in [6, 6.07) is 26.3. The molecule has 1 aliphatic rings. The molecule has 0 saturated heterocycles. The Morgan fingerprint density at radius 3 is 2.44 bits per heavy atom. The molecule has 1 aliphatic carbocycles. The third-order valence-electron chi connectivity index (χ3n) is 6.64. The molecule has 1 amide bonds. The van der Waals surface area contributed by atoms with E-state index in [0.29, 0.717) is 11.1 Å². The minimum absolute atomic E-state index is 0.0465. The second-order valence-corrected chi connectivity index (χ2v) is 10.7. The monoisotopic (exact) mass is 498 g/mol. The lowest BCUT2D eigenvalue weighted by Crippen LogP contribution is -2.35. The van der Waals surface area contributed by atoms with Gasteiger partial charge in [-0.15, -0.1) is 0 Å². The quantitative estimate of drug-likeness (QED) is 0.339. The fourth-order valence-corrected chi connectivity index (χ4v) is 6.06. The number of hydrogen-bond donors (Lipinski definition) is 2. The maximum absolute atomic E-state index is 13.3. The van der Waals surface area contributed by atoms with E-state index in [0.717, 1.165) is 41.0 Å². The minimum Gasteiger partial charge on any atom is -0.349 e. The zero-order valence-corrected chi connectivity index (χ0v) is 20.4. The zero-order chi connectivity index (χ0) is 25.1. The summed E-state index contributed by atoms with van der Waals surface area (Å²) in [6.07, 6.45) is 2.29. The van der Waals surface area contributed by atoms with Crippen LogP contribution in [0.15, 0.2) is 95.9 Å². The lowest BCUT2D eigenvalue weighted by Gasteiger charge is -2.21. The van der Waals surface area contributed by atoms with Gasteiger partial charge in [-0.2, -0.15) is 0 Å². The van der Waals surface area contributed by atoms with E-state index in [1.165, 1.54) is 0 Å². The molecule has 182 valence electrons. The number of hydrogen-bond acceptors (Lipinski definition) is 4. The lowest BCUT2D eigenvalue weighted by molar-refractivity contribution is -0.122. The SMILES string of the molecule is O=Cc1ccc2c(c1)CCC2NC(=O)CC(NS(=O)(=O)c1ccc2ccccc2c1)c1ccccc1. The number of rotatable bonds is 8. The van der Waals surface area contributed by atoms with Gasteiger partial charge in [-0.05, 0) is 58.5 Å². The summed E-state index contributed by atoms with van der Waals surface area (Å²) in [7, 11) is -3.89. The van der Waals surface area contributed by atoms with Crippen molar-refractivity contribution in [3.8, 4) is 0 Å². The highest BCUT2D eigenvalue weighted by atomic mass is 32.2. The van der Waals surface area contributed by atoms with E-state index in [2.05, 4.69) is 10.0 Å². The van der Waals surface area contributed by atoms with Gasteiger partial charge in [0.2, 0.25) is 15.9 Å². The number of carbonyl (C=O) groups is 2. The molecule has 2 N–H and O–H groups in total. The third kappa shape index (κ3) is 5.08. The second kappa shape index (κ2) is 10.0. The van der Waals surface area contributed by atoms with Crippen LogP contribution in [0, 0.1) is 0 Å². The van der Waals surface area contributed by atoms with Crippen LogP contribution in [0.1, 0.15) is 52.0 Å². The highest BCUT2D eigenvalue weighted by molar-refractivity contribution is 7.89. The topological polar surface area (TPSA) is 92.3 Å². The summed E-state index contributed by atoms with van der Waals surface area (Å²) in [6.45, 7) is 0. The van der Waals surface area contributed by atoms with Gasteiger partial charge in [0.05, 0.1) is 17.0 Å². The van der Waals surface area contributed by atoms with Crippen LogP contribution in [0.25, 0.3) is 10.8 Å². The molecule has 2 unspecified atom stereocenters. The van der Waals surface area contributed by atoms with Crippen molar-refractivity contribution in [1.29, 1.82) is 0 Å². The highest BCUT2D eigenvalue weighted by Gasteiger charge is 2.28. The van der Waals surface area contributed by atoms with Crippen molar-refractivity contribution < 1.29 is 18.0 Å². The van der Waals surface area contributed by atoms with Gasteiger partial charge in [0.25, 0.3) is 0 Å². The molecule has 0 fully saturated rings. The molecule has 0 aliphatic heterocycles. The summed E-state index contributed by atoms with van der Waals surface area (Å²) in [5, 5.41) is 4.84. The molecular weight excluding hydrogens is 472 g/mol. The van der Waals surface area contributed by atoms with E-state index < -0.39 is 16.1 Å². The first kappa shape index (κ1) is 23.9. The molecule has 0 heterocycles. The van der Waals surface area contributed by atoms with E-state index >= 15 is 0 Å². The normalized spacial score (nSPS) is 15.8.